The van der Waals surface area contributed by atoms with E-state index in [1.165, 1.54) is 12.1 Å². The van der Waals surface area contributed by atoms with Gasteiger partial charge in [0, 0.05) is 18.6 Å². The van der Waals surface area contributed by atoms with Gasteiger partial charge in [0.05, 0.1) is 5.56 Å². The molecule has 0 aliphatic heterocycles. The molecule has 23 heavy (non-hydrogen) atoms. The number of benzene rings is 2. The molecule has 0 saturated carbocycles. The molecular weight excluding hydrogens is 300 g/mol. The summed E-state index contributed by atoms with van der Waals surface area (Å²) in [5, 5.41) is 26.2. The highest BCUT2D eigenvalue weighted by Gasteiger charge is 2.09. The molecule has 2 N–H and O–H groups in total. The minimum atomic E-state index is -1.15. The van der Waals surface area contributed by atoms with Crippen molar-refractivity contribution in [1.29, 1.82) is 0 Å². The Balaban J connectivity index is 1.82. The maximum absolute atomic E-state index is 11.0. The van der Waals surface area contributed by atoms with Crippen LogP contribution < -0.4 is 4.74 Å². The number of hydrogen-bond acceptors (Lipinski definition) is 6. The number of phenolic OH excluding ortho intramolecular Hbond substituents is 1. The topological polar surface area (TPSA) is 106 Å². The second-order valence-corrected chi connectivity index (χ2v) is 4.77. The maximum Gasteiger partial charge on any atom is 0.335 e. The number of aromatic nitrogens is 2. The van der Waals surface area contributed by atoms with E-state index >= 15 is 0 Å². The highest BCUT2D eigenvalue weighted by atomic mass is 16.5. The lowest BCUT2D eigenvalue weighted by Gasteiger charge is -2.07. The molecule has 0 saturated heterocycles. The predicted molar refractivity (Wildman–Crippen MR) is 79.6 cm³/mol. The third-order valence-corrected chi connectivity index (χ3v) is 3.00. The van der Waals surface area contributed by atoms with Crippen LogP contribution in [0.1, 0.15) is 16.2 Å². The van der Waals surface area contributed by atoms with Crippen LogP contribution in [0.25, 0.3) is 11.5 Å². The monoisotopic (exact) mass is 312 g/mol. The molecule has 3 aromatic rings. The number of carboxylic acids is 1. The molecule has 0 bridgehead atoms. The van der Waals surface area contributed by atoms with Crippen molar-refractivity contribution in [3.05, 3.63) is 53.9 Å². The molecule has 1 aromatic heterocycles. The fourth-order valence-electron chi connectivity index (χ4n) is 1.98. The third-order valence-electron chi connectivity index (χ3n) is 3.00. The Morgan fingerprint density at radius 3 is 2.43 bits per heavy atom. The van der Waals surface area contributed by atoms with Crippen LogP contribution in [-0.4, -0.2) is 26.4 Å². The van der Waals surface area contributed by atoms with Gasteiger partial charge in [0.2, 0.25) is 11.8 Å². The van der Waals surface area contributed by atoms with Crippen LogP contribution in [0.2, 0.25) is 0 Å². The Hall–Kier alpha value is -3.35. The van der Waals surface area contributed by atoms with E-state index in [1.807, 2.05) is 0 Å². The minimum absolute atomic E-state index is 0.0574. The Bertz CT molecular complexity index is 855. The van der Waals surface area contributed by atoms with Crippen LogP contribution >= 0.6 is 0 Å². The Morgan fingerprint density at radius 2 is 1.83 bits per heavy atom. The molecule has 0 aliphatic carbocycles. The van der Waals surface area contributed by atoms with Crippen LogP contribution in [0.5, 0.6) is 17.2 Å². The lowest BCUT2D eigenvalue weighted by Crippen LogP contribution is -1.96. The van der Waals surface area contributed by atoms with E-state index in [4.69, 9.17) is 14.3 Å². The number of ether oxygens (including phenoxy) is 1. The summed E-state index contributed by atoms with van der Waals surface area (Å²) in [6, 6.07) is 10.7. The molecular formula is C16H12N2O5. The predicted octanol–water partition coefficient (Wildman–Crippen LogP) is 3.24. The number of phenols is 1. The van der Waals surface area contributed by atoms with Crippen LogP contribution in [0.3, 0.4) is 0 Å². The smallest absolute Gasteiger partial charge is 0.335 e. The lowest BCUT2D eigenvalue weighted by molar-refractivity contribution is 0.0696. The van der Waals surface area contributed by atoms with Crippen molar-refractivity contribution in [2.24, 2.45) is 0 Å². The molecule has 0 unspecified atom stereocenters. The molecule has 0 aliphatic rings. The number of aryl methyl sites for hydroxylation is 1. The van der Waals surface area contributed by atoms with Crippen molar-refractivity contribution in [3.63, 3.8) is 0 Å². The summed E-state index contributed by atoms with van der Waals surface area (Å²) in [6.07, 6.45) is 0. The Labute approximate surface area is 130 Å². The van der Waals surface area contributed by atoms with Crippen molar-refractivity contribution in [1.82, 2.24) is 10.2 Å². The first-order chi connectivity index (χ1) is 11.0. The van der Waals surface area contributed by atoms with E-state index in [2.05, 4.69) is 10.2 Å². The van der Waals surface area contributed by atoms with Crippen LogP contribution in [0.4, 0.5) is 0 Å². The van der Waals surface area contributed by atoms with Gasteiger partial charge in [0.1, 0.15) is 17.2 Å². The van der Waals surface area contributed by atoms with Gasteiger partial charge in [-0.25, -0.2) is 4.79 Å². The van der Waals surface area contributed by atoms with Crippen molar-refractivity contribution in [2.45, 2.75) is 6.92 Å². The zero-order valence-corrected chi connectivity index (χ0v) is 12.1. The summed E-state index contributed by atoms with van der Waals surface area (Å²) in [4.78, 5) is 11.0. The van der Waals surface area contributed by atoms with E-state index in [0.717, 1.165) is 11.6 Å². The largest absolute Gasteiger partial charge is 0.508 e. The average Bonchev–Trinajstić information content (AvgIpc) is 2.94. The number of carbonyl (C=O) groups is 1. The maximum atomic E-state index is 11.0. The number of aromatic carboxylic acids is 1. The molecule has 0 atom stereocenters. The van der Waals surface area contributed by atoms with E-state index in [9.17, 15) is 9.90 Å². The SMILES string of the molecule is Cc1nnc(-c2ccc(Oc3cc(O)cc(C(=O)O)c3)cc2)o1. The van der Waals surface area contributed by atoms with E-state index in [0.29, 0.717) is 17.5 Å². The van der Waals surface area contributed by atoms with Crippen LogP contribution in [-0.2, 0) is 0 Å². The number of aromatic hydroxyl groups is 1. The molecule has 0 spiro atoms. The molecule has 0 amide bonds. The third kappa shape index (κ3) is 3.29. The summed E-state index contributed by atoms with van der Waals surface area (Å²) < 4.78 is 10.9. The first-order valence-electron chi connectivity index (χ1n) is 6.67. The van der Waals surface area contributed by atoms with Gasteiger partial charge in [-0.05, 0) is 36.4 Å². The summed E-state index contributed by atoms with van der Waals surface area (Å²) >= 11 is 0. The highest BCUT2D eigenvalue weighted by Crippen LogP contribution is 2.28. The molecule has 7 heteroatoms. The molecule has 0 fully saturated rings. The standard InChI is InChI=1S/C16H12N2O5/c1-9-17-18-15(22-9)10-2-4-13(5-3-10)23-14-7-11(16(20)21)6-12(19)8-14/h2-8,19H,1H3,(H,20,21). The van der Waals surface area contributed by atoms with E-state index < -0.39 is 5.97 Å². The minimum Gasteiger partial charge on any atom is -0.508 e. The highest BCUT2D eigenvalue weighted by molar-refractivity contribution is 5.88. The number of hydrogen-bond donors (Lipinski definition) is 2. The van der Waals surface area contributed by atoms with E-state index in [-0.39, 0.29) is 17.1 Å². The second kappa shape index (κ2) is 5.80. The second-order valence-electron chi connectivity index (χ2n) is 4.77. The molecule has 0 radical (unpaired) electrons. The Morgan fingerprint density at radius 1 is 1.09 bits per heavy atom. The first-order valence-corrected chi connectivity index (χ1v) is 6.67. The van der Waals surface area contributed by atoms with Crippen molar-refractivity contribution in [3.8, 4) is 28.7 Å². The molecule has 116 valence electrons. The number of rotatable bonds is 4. The van der Waals surface area contributed by atoms with Crippen molar-refractivity contribution in [2.75, 3.05) is 0 Å². The van der Waals surface area contributed by atoms with Gasteiger partial charge in [-0.3, -0.25) is 0 Å². The quantitative estimate of drug-likeness (QED) is 0.761. The summed E-state index contributed by atoms with van der Waals surface area (Å²) in [5.41, 5.74) is 0.679. The lowest BCUT2D eigenvalue weighted by atomic mass is 10.2. The van der Waals surface area contributed by atoms with Gasteiger partial charge >= 0.3 is 5.97 Å². The summed E-state index contributed by atoms with van der Waals surface area (Å²) in [7, 11) is 0. The van der Waals surface area contributed by atoms with Gasteiger partial charge < -0.3 is 19.4 Å². The van der Waals surface area contributed by atoms with Gasteiger partial charge in [0.25, 0.3) is 0 Å². The molecule has 1 heterocycles. The van der Waals surface area contributed by atoms with Crippen LogP contribution in [0, 0.1) is 6.92 Å². The molecule has 2 aromatic carbocycles. The van der Waals surface area contributed by atoms with Crippen molar-refractivity contribution < 1.29 is 24.2 Å². The van der Waals surface area contributed by atoms with E-state index in [1.54, 1.807) is 31.2 Å². The number of nitrogens with zero attached hydrogens (tertiary/aromatic N) is 2. The Kier molecular flexibility index (Phi) is 3.68. The average molecular weight is 312 g/mol. The number of carboxylic acid groups (broad SMARTS) is 1. The van der Waals surface area contributed by atoms with Crippen molar-refractivity contribution >= 4 is 5.97 Å². The van der Waals surface area contributed by atoms with Gasteiger partial charge in [-0.15, -0.1) is 10.2 Å². The zero-order chi connectivity index (χ0) is 16.4. The normalized spacial score (nSPS) is 10.5. The van der Waals surface area contributed by atoms with Gasteiger partial charge in [-0.2, -0.15) is 0 Å². The van der Waals surface area contributed by atoms with Gasteiger partial charge in [-0.1, -0.05) is 0 Å². The summed E-state index contributed by atoms with van der Waals surface area (Å²) in [6.45, 7) is 1.70. The summed E-state index contributed by atoms with van der Waals surface area (Å²) in [5.74, 6) is 0.252. The van der Waals surface area contributed by atoms with Crippen LogP contribution in [0.15, 0.2) is 46.9 Å². The fraction of sp³-hybridized carbons (Fsp3) is 0.0625. The molecule has 7 nitrogen and oxygen atoms in total. The van der Waals surface area contributed by atoms with Gasteiger partial charge in [0.15, 0.2) is 0 Å². The zero-order valence-electron chi connectivity index (χ0n) is 12.1. The molecule has 3 rings (SSSR count). The fourth-order valence-corrected chi connectivity index (χ4v) is 1.98. The first kappa shape index (κ1) is 14.6.